The molecule has 4 nitrogen and oxygen atoms in total. The molecular formula is C8H18F2N2O2S. The van der Waals surface area contributed by atoms with Gasteiger partial charge in [0.2, 0.25) is 10.0 Å². The van der Waals surface area contributed by atoms with Crippen LogP contribution in [-0.2, 0) is 10.0 Å². The van der Waals surface area contributed by atoms with Gasteiger partial charge in [-0.2, -0.15) is 0 Å². The summed E-state index contributed by atoms with van der Waals surface area (Å²) in [6.07, 6.45) is 1.23. The lowest BCUT2D eigenvalue weighted by molar-refractivity contribution is -0.153. The molecule has 0 spiro atoms. The molecule has 0 saturated carbocycles. The molecule has 0 radical (unpaired) electrons. The van der Waals surface area contributed by atoms with Crippen LogP contribution >= 0.6 is 0 Å². The molecule has 0 aliphatic rings. The Kier molecular flexibility index (Phi) is 6.23. The third-order valence-electron chi connectivity index (χ3n) is 1.77. The maximum absolute atomic E-state index is 11.7. The number of hydrogen-bond acceptors (Lipinski definition) is 3. The van der Waals surface area contributed by atoms with Gasteiger partial charge in [-0.1, -0.05) is 13.8 Å². The normalized spacial score (nSPS) is 13.1. The highest BCUT2D eigenvalue weighted by atomic mass is 32.2. The van der Waals surface area contributed by atoms with E-state index in [1.54, 1.807) is 0 Å². The standard InChI is InChI=1S/C8H18F2N2O2S/c1-8(2)7-11(15(3,13)14)5-4-6-12(9)10/h8H,4-7H2,1-3H3. The molecule has 0 amide bonds. The van der Waals surface area contributed by atoms with E-state index in [4.69, 9.17) is 0 Å². The maximum Gasteiger partial charge on any atom is 0.211 e. The van der Waals surface area contributed by atoms with Crippen LogP contribution in [0, 0.1) is 5.92 Å². The highest BCUT2D eigenvalue weighted by Crippen LogP contribution is 2.06. The average Bonchev–Trinajstić information content (AvgIpc) is 1.99. The second kappa shape index (κ2) is 6.34. The van der Waals surface area contributed by atoms with Crippen molar-refractivity contribution < 1.29 is 17.4 Å². The molecule has 0 aliphatic carbocycles. The zero-order chi connectivity index (χ0) is 12.1. The van der Waals surface area contributed by atoms with Crippen molar-refractivity contribution in [3.05, 3.63) is 0 Å². The van der Waals surface area contributed by atoms with E-state index in [-0.39, 0.29) is 18.9 Å². The van der Waals surface area contributed by atoms with Crippen molar-refractivity contribution in [1.29, 1.82) is 0 Å². The van der Waals surface area contributed by atoms with Gasteiger partial charge in [0.1, 0.15) is 0 Å². The van der Waals surface area contributed by atoms with E-state index in [0.717, 1.165) is 6.26 Å². The Bertz CT molecular complexity index is 268. The molecule has 0 N–H and O–H groups in total. The van der Waals surface area contributed by atoms with Crippen LogP contribution in [0.5, 0.6) is 0 Å². The molecule has 0 aliphatic heterocycles. The van der Waals surface area contributed by atoms with Crippen LogP contribution < -0.4 is 0 Å². The Balaban J connectivity index is 4.15. The minimum Gasteiger partial charge on any atom is -0.213 e. The van der Waals surface area contributed by atoms with Crippen molar-refractivity contribution in [2.75, 3.05) is 25.9 Å². The zero-order valence-electron chi connectivity index (χ0n) is 9.28. The summed E-state index contributed by atoms with van der Waals surface area (Å²) >= 11 is 0. The highest BCUT2D eigenvalue weighted by molar-refractivity contribution is 7.88. The SMILES string of the molecule is CC(C)CN(CCCN(F)F)S(C)(=O)=O. The molecule has 0 aromatic heterocycles. The fourth-order valence-electron chi connectivity index (χ4n) is 1.17. The first kappa shape index (κ1) is 14.7. The molecule has 7 heteroatoms. The summed E-state index contributed by atoms with van der Waals surface area (Å²) < 4.78 is 47.2. The number of nitrogens with zero attached hydrogens (tertiary/aromatic N) is 2. The molecule has 0 aromatic carbocycles. The maximum atomic E-state index is 11.7. The molecule has 0 atom stereocenters. The first-order chi connectivity index (χ1) is 6.73. The summed E-state index contributed by atoms with van der Waals surface area (Å²) in [6, 6.07) is 0. The van der Waals surface area contributed by atoms with Crippen LogP contribution in [0.4, 0.5) is 8.96 Å². The minimum atomic E-state index is -3.29. The molecule has 0 saturated heterocycles. The van der Waals surface area contributed by atoms with Gasteiger partial charge >= 0.3 is 0 Å². The van der Waals surface area contributed by atoms with Crippen molar-refractivity contribution in [2.45, 2.75) is 20.3 Å². The van der Waals surface area contributed by atoms with Gasteiger partial charge in [0.25, 0.3) is 0 Å². The third-order valence-corrected chi connectivity index (χ3v) is 3.04. The van der Waals surface area contributed by atoms with Gasteiger partial charge < -0.3 is 0 Å². The third kappa shape index (κ3) is 7.64. The van der Waals surface area contributed by atoms with Crippen LogP contribution in [0.15, 0.2) is 0 Å². The largest absolute Gasteiger partial charge is 0.213 e. The van der Waals surface area contributed by atoms with Gasteiger partial charge in [-0.05, 0) is 12.3 Å². The van der Waals surface area contributed by atoms with Crippen molar-refractivity contribution in [2.24, 2.45) is 5.92 Å². The van der Waals surface area contributed by atoms with E-state index in [0.29, 0.717) is 6.54 Å². The quantitative estimate of drug-likeness (QED) is 0.635. The first-order valence-electron chi connectivity index (χ1n) is 4.77. The second-order valence-electron chi connectivity index (χ2n) is 3.89. The molecule has 0 unspecified atom stereocenters. The lowest BCUT2D eigenvalue weighted by atomic mass is 10.2. The lowest BCUT2D eigenvalue weighted by Crippen LogP contribution is -2.35. The van der Waals surface area contributed by atoms with Gasteiger partial charge in [-0.25, -0.2) is 12.7 Å². The minimum absolute atomic E-state index is 0.132. The Hall–Kier alpha value is -0.270. The molecule has 0 aromatic rings. The van der Waals surface area contributed by atoms with Crippen molar-refractivity contribution in [1.82, 2.24) is 9.65 Å². The van der Waals surface area contributed by atoms with Crippen molar-refractivity contribution in [3.8, 4) is 0 Å². The summed E-state index contributed by atoms with van der Waals surface area (Å²) in [4.78, 5) is 0. The van der Waals surface area contributed by atoms with E-state index < -0.39 is 21.9 Å². The van der Waals surface area contributed by atoms with Gasteiger partial charge in [-0.3, -0.25) is 0 Å². The number of hydrogen-bond donors (Lipinski definition) is 0. The fourth-order valence-corrected chi connectivity index (χ4v) is 2.20. The predicted octanol–water partition coefficient (Wildman–Crippen LogP) is 1.37. The van der Waals surface area contributed by atoms with Gasteiger partial charge in [-0.15, -0.1) is 8.96 Å². The lowest BCUT2D eigenvalue weighted by Gasteiger charge is -2.21. The smallest absolute Gasteiger partial charge is 0.211 e. The first-order valence-corrected chi connectivity index (χ1v) is 6.62. The van der Waals surface area contributed by atoms with Crippen LogP contribution in [0.25, 0.3) is 0 Å². The van der Waals surface area contributed by atoms with Crippen molar-refractivity contribution in [3.63, 3.8) is 0 Å². The van der Waals surface area contributed by atoms with E-state index in [1.807, 2.05) is 13.8 Å². The molecule has 92 valence electrons. The van der Waals surface area contributed by atoms with Crippen LogP contribution in [-0.4, -0.2) is 44.0 Å². The Labute approximate surface area is 89.8 Å². The monoisotopic (exact) mass is 244 g/mol. The van der Waals surface area contributed by atoms with Gasteiger partial charge in [0, 0.05) is 18.4 Å². The molecule has 0 rings (SSSR count). The molecule has 15 heavy (non-hydrogen) atoms. The fraction of sp³-hybridized carbons (Fsp3) is 1.00. The summed E-state index contributed by atoms with van der Waals surface area (Å²) in [5, 5.41) is -0.935. The highest BCUT2D eigenvalue weighted by Gasteiger charge is 2.17. The number of halogens is 2. The summed E-state index contributed by atoms with van der Waals surface area (Å²) in [7, 11) is -3.29. The summed E-state index contributed by atoms with van der Waals surface area (Å²) in [5.74, 6) is 0.187. The summed E-state index contributed by atoms with van der Waals surface area (Å²) in [5.41, 5.74) is 0. The molecule has 0 bridgehead atoms. The van der Waals surface area contributed by atoms with Crippen LogP contribution in [0.3, 0.4) is 0 Å². The molecule has 0 heterocycles. The zero-order valence-corrected chi connectivity index (χ0v) is 10.1. The Morgan fingerprint density at radius 1 is 1.20 bits per heavy atom. The van der Waals surface area contributed by atoms with E-state index in [1.165, 1.54) is 4.31 Å². The second-order valence-corrected chi connectivity index (χ2v) is 5.88. The molecule has 0 fully saturated rings. The average molecular weight is 244 g/mol. The number of sulfonamides is 1. The Morgan fingerprint density at radius 3 is 2.07 bits per heavy atom. The van der Waals surface area contributed by atoms with E-state index in [2.05, 4.69) is 0 Å². The van der Waals surface area contributed by atoms with Crippen molar-refractivity contribution >= 4 is 10.0 Å². The number of rotatable bonds is 7. The van der Waals surface area contributed by atoms with Crippen LogP contribution in [0.2, 0.25) is 0 Å². The summed E-state index contributed by atoms with van der Waals surface area (Å²) in [6.45, 7) is 3.87. The van der Waals surface area contributed by atoms with E-state index in [9.17, 15) is 17.4 Å². The van der Waals surface area contributed by atoms with Gasteiger partial charge in [0.15, 0.2) is 0 Å². The topological polar surface area (TPSA) is 40.6 Å². The Morgan fingerprint density at radius 2 is 1.73 bits per heavy atom. The van der Waals surface area contributed by atoms with E-state index >= 15 is 0 Å². The van der Waals surface area contributed by atoms with Crippen LogP contribution in [0.1, 0.15) is 20.3 Å². The predicted molar refractivity (Wildman–Crippen MR) is 54.8 cm³/mol. The van der Waals surface area contributed by atoms with Gasteiger partial charge in [0.05, 0.1) is 12.8 Å². The molecular weight excluding hydrogens is 226 g/mol.